The number of carbonyl (C=O) groups excluding carboxylic acids is 2. The summed E-state index contributed by atoms with van der Waals surface area (Å²) in [4.78, 5) is 38.7. The third kappa shape index (κ3) is 4.94. The molecule has 0 spiro atoms. The number of rotatable bonds is 6. The van der Waals surface area contributed by atoms with Gasteiger partial charge in [-0.15, -0.1) is 0 Å². The van der Waals surface area contributed by atoms with Crippen LogP contribution >= 0.6 is 0 Å². The van der Waals surface area contributed by atoms with E-state index in [1.54, 1.807) is 4.90 Å². The number of hydrogen-bond acceptors (Lipinski definition) is 3. The van der Waals surface area contributed by atoms with Crippen LogP contribution in [-0.4, -0.2) is 46.9 Å². The van der Waals surface area contributed by atoms with Crippen molar-refractivity contribution in [2.24, 2.45) is 11.8 Å². The standard InChI is InChI=1S/C23H28N2O4/c1-15(2)14-20(23(28)29)24-21(26)17-10-12-25(13-11-17)22(27)19-9-5-7-16-6-3-4-8-18(16)19/h3-9,15,17,20H,10-14H2,1-2H3,(H,24,26)(H,28,29)/t20-/m0/s1. The molecule has 1 fully saturated rings. The van der Waals surface area contributed by atoms with Crippen molar-refractivity contribution >= 4 is 28.6 Å². The largest absolute Gasteiger partial charge is 0.480 e. The lowest BCUT2D eigenvalue weighted by molar-refractivity contribution is -0.143. The zero-order chi connectivity index (χ0) is 21.0. The minimum Gasteiger partial charge on any atom is -0.480 e. The molecule has 1 aliphatic rings. The van der Waals surface area contributed by atoms with Crippen molar-refractivity contribution < 1.29 is 19.5 Å². The van der Waals surface area contributed by atoms with Gasteiger partial charge in [-0.25, -0.2) is 4.79 Å². The second kappa shape index (κ2) is 9.07. The summed E-state index contributed by atoms with van der Waals surface area (Å²) in [6.45, 7) is 4.84. The van der Waals surface area contributed by atoms with E-state index in [2.05, 4.69) is 5.32 Å². The van der Waals surface area contributed by atoms with Crippen LogP contribution in [0.1, 0.15) is 43.5 Å². The number of benzene rings is 2. The van der Waals surface area contributed by atoms with Crippen LogP contribution in [0, 0.1) is 11.8 Å². The van der Waals surface area contributed by atoms with Crippen LogP contribution in [0.4, 0.5) is 0 Å². The molecule has 2 aromatic carbocycles. The molecular weight excluding hydrogens is 368 g/mol. The van der Waals surface area contributed by atoms with Crippen molar-refractivity contribution in [1.82, 2.24) is 10.2 Å². The quantitative estimate of drug-likeness (QED) is 0.784. The highest BCUT2D eigenvalue weighted by atomic mass is 16.4. The Kier molecular flexibility index (Phi) is 6.52. The zero-order valence-corrected chi connectivity index (χ0v) is 16.9. The highest BCUT2D eigenvalue weighted by Crippen LogP contribution is 2.24. The Morgan fingerprint density at radius 3 is 2.38 bits per heavy atom. The van der Waals surface area contributed by atoms with E-state index in [1.165, 1.54) is 0 Å². The molecule has 6 nitrogen and oxygen atoms in total. The molecule has 29 heavy (non-hydrogen) atoms. The first-order valence-electron chi connectivity index (χ1n) is 10.2. The van der Waals surface area contributed by atoms with Crippen LogP contribution in [0.15, 0.2) is 42.5 Å². The molecule has 0 unspecified atom stereocenters. The van der Waals surface area contributed by atoms with Crippen molar-refractivity contribution in [3.63, 3.8) is 0 Å². The summed E-state index contributed by atoms with van der Waals surface area (Å²) < 4.78 is 0. The normalized spacial score (nSPS) is 16.0. The Bertz CT molecular complexity index is 895. The Balaban J connectivity index is 1.62. The Labute approximate surface area is 170 Å². The van der Waals surface area contributed by atoms with Crippen molar-refractivity contribution in [3.8, 4) is 0 Å². The lowest BCUT2D eigenvalue weighted by atomic mass is 9.94. The molecule has 2 N–H and O–H groups in total. The van der Waals surface area contributed by atoms with Gasteiger partial charge in [0.05, 0.1) is 0 Å². The van der Waals surface area contributed by atoms with Gasteiger partial charge in [0.2, 0.25) is 5.91 Å². The number of nitrogens with zero attached hydrogens (tertiary/aromatic N) is 1. The number of carboxylic acid groups (broad SMARTS) is 1. The number of carboxylic acids is 1. The van der Waals surface area contributed by atoms with E-state index in [4.69, 9.17) is 0 Å². The number of fused-ring (bicyclic) bond motifs is 1. The van der Waals surface area contributed by atoms with Gasteiger partial charge in [-0.05, 0) is 42.0 Å². The molecule has 2 aromatic rings. The first kappa shape index (κ1) is 20.8. The van der Waals surface area contributed by atoms with E-state index in [0.717, 1.165) is 10.8 Å². The predicted molar refractivity (Wildman–Crippen MR) is 112 cm³/mol. The number of hydrogen-bond donors (Lipinski definition) is 2. The molecule has 2 amide bonds. The topological polar surface area (TPSA) is 86.7 Å². The third-order valence-electron chi connectivity index (χ3n) is 5.49. The third-order valence-corrected chi connectivity index (χ3v) is 5.49. The summed E-state index contributed by atoms with van der Waals surface area (Å²) in [7, 11) is 0. The van der Waals surface area contributed by atoms with E-state index in [1.807, 2.05) is 56.3 Å². The number of amides is 2. The number of nitrogens with one attached hydrogen (secondary N) is 1. The Morgan fingerprint density at radius 1 is 1.07 bits per heavy atom. The molecule has 154 valence electrons. The van der Waals surface area contributed by atoms with Crippen molar-refractivity contribution in [3.05, 3.63) is 48.0 Å². The van der Waals surface area contributed by atoms with E-state index < -0.39 is 12.0 Å². The van der Waals surface area contributed by atoms with Crippen LogP contribution in [0.3, 0.4) is 0 Å². The summed E-state index contributed by atoms with van der Waals surface area (Å²) in [5, 5.41) is 14.0. The van der Waals surface area contributed by atoms with Gasteiger partial charge in [0.1, 0.15) is 6.04 Å². The molecule has 1 aliphatic heterocycles. The van der Waals surface area contributed by atoms with E-state index in [-0.39, 0.29) is 23.7 Å². The van der Waals surface area contributed by atoms with Crippen LogP contribution in [0.25, 0.3) is 10.8 Å². The Hall–Kier alpha value is -2.89. The summed E-state index contributed by atoms with van der Waals surface area (Å²) in [5.74, 6) is -1.34. The highest BCUT2D eigenvalue weighted by Gasteiger charge is 2.30. The smallest absolute Gasteiger partial charge is 0.326 e. The molecular formula is C23H28N2O4. The van der Waals surface area contributed by atoms with E-state index in [9.17, 15) is 19.5 Å². The molecule has 6 heteroatoms. The summed E-state index contributed by atoms with van der Waals surface area (Å²) in [5.41, 5.74) is 0.675. The van der Waals surface area contributed by atoms with Gasteiger partial charge in [0, 0.05) is 24.6 Å². The maximum absolute atomic E-state index is 13.0. The molecule has 0 bridgehead atoms. The number of aliphatic carboxylic acids is 1. The maximum atomic E-state index is 13.0. The molecule has 0 radical (unpaired) electrons. The van der Waals surface area contributed by atoms with Gasteiger partial charge in [0.25, 0.3) is 5.91 Å². The van der Waals surface area contributed by atoms with E-state index >= 15 is 0 Å². The lowest BCUT2D eigenvalue weighted by Crippen LogP contribution is -2.47. The number of likely N-dealkylation sites (tertiary alicyclic amines) is 1. The van der Waals surface area contributed by atoms with Crippen LogP contribution < -0.4 is 5.32 Å². The van der Waals surface area contributed by atoms with Gasteiger partial charge in [-0.2, -0.15) is 0 Å². The molecule has 3 rings (SSSR count). The zero-order valence-electron chi connectivity index (χ0n) is 16.9. The molecule has 0 aliphatic carbocycles. The summed E-state index contributed by atoms with van der Waals surface area (Å²) >= 11 is 0. The first-order valence-corrected chi connectivity index (χ1v) is 10.2. The minimum absolute atomic E-state index is 0.0242. The van der Waals surface area contributed by atoms with Crippen molar-refractivity contribution in [2.75, 3.05) is 13.1 Å². The van der Waals surface area contributed by atoms with Crippen LogP contribution in [-0.2, 0) is 9.59 Å². The van der Waals surface area contributed by atoms with Crippen LogP contribution in [0.5, 0.6) is 0 Å². The maximum Gasteiger partial charge on any atom is 0.326 e. The van der Waals surface area contributed by atoms with Crippen molar-refractivity contribution in [1.29, 1.82) is 0 Å². The number of carbonyl (C=O) groups is 3. The Morgan fingerprint density at radius 2 is 1.72 bits per heavy atom. The lowest BCUT2D eigenvalue weighted by Gasteiger charge is -2.32. The molecule has 1 atom stereocenters. The van der Waals surface area contributed by atoms with Gasteiger partial charge in [-0.3, -0.25) is 9.59 Å². The van der Waals surface area contributed by atoms with Crippen LogP contribution in [0.2, 0.25) is 0 Å². The van der Waals surface area contributed by atoms with E-state index in [0.29, 0.717) is 37.9 Å². The average molecular weight is 396 g/mol. The predicted octanol–water partition coefficient (Wildman–Crippen LogP) is 3.31. The monoisotopic (exact) mass is 396 g/mol. The van der Waals surface area contributed by atoms with Gasteiger partial charge < -0.3 is 15.3 Å². The highest BCUT2D eigenvalue weighted by molar-refractivity contribution is 6.07. The molecule has 0 aromatic heterocycles. The fourth-order valence-electron chi connectivity index (χ4n) is 3.91. The van der Waals surface area contributed by atoms with Gasteiger partial charge >= 0.3 is 5.97 Å². The number of piperidine rings is 1. The average Bonchev–Trinajstić information content (AvgIpc) is 2.72. The molecule has 0 saturated carbocycles. The summed E-state index contributed by atoms with van der Waals surface area (Å²) in [6, 6.07) is 12.7. The summed E-state index contributed by atoms with van der Waals surface area (Å²) in [6.07, 6.45) is 1.48. The fourth-order valence-corrected chi connectivity index (χ4v) is 3.91. The second-order valence-electron chi connectivity index (χ2n) is 8.12. The SMILES string of the molecule is CC(C)C[C@H](NC(=O)C1CCN(C(=O)c2cccc3ccccc23)CC1)C(=O)O. The van der Waals surface area contributed by atoms with Gasteiger partial charge in [-0.1, -0.05) is 50.2 Å². The van der Waals surface area contributed by atoms with Crippen molar-refractivity contribution in [2.45, 2.75) is 39.2 Å². The fraction of sp³-hybridized carbons (Fsp3) is 0.435. The minimum atomic E-state index is -1.00. The first-order chi connectivity index (χ1) is 13.9. The van der Waals surface area contributed by atoms with Gasteiger partial charge in [0.15, 0.2) is 0 Å². The molecule has 1 heterocycles. The second-order valence-corrected chi connectivity index (χ2v) is 8.12. The molecule has 1 saturated heterocycles.